The minimum atomic E-state index is -1.16. The van der Waals surface area contributed by atoms with Crippen LogP contribution in [0.15, 0.2) is 42.5 Å². The Morgan fingerprint density at radius 1 is 1.09 bits per heavy atom. The van der Waals surface area contributed by atoms with Crippen LogP contribution in [0.25, 0.3) is 0 Å². The molecule has 120 valence electrons. The fourth-order valence-corrected chi connectivity index (χ4v) is 2.44. The number of anilines is 1. The first kappa shape index (κ1) is 17.0. The van der Waals surface area contributed by atoms with Gasteiger partial charge in [0.25, 0.3) is 5.91 Å². The number of hydrogen-bond donors (Lipinski definition) is 3. The Balaban J connectivity index is 2.18. The monoisotopic (exact) mass is 333 g/mol. The molecule has 0 aromatic heterocycles. The standard InChI is InChI=1S/C17H16ClNO4/c18-15-10-12(8-7-11(15)4-3-9-20)19-16(21)13-5-1-2-6-14(13)17(22)23/h1-2,5-8,10,20H,3-4,9H2,(H,19,21)(H,22,23). The van der Waals surface area contributed by atoms with Gasteiger partial charge in [0.2, 0.25) is 0 Å². The molecular weight excluding hydrogens is 318 g/mol. The molecule has 0 saturated heterocycles. The van der Waals surface area contributed by atoms with Crippen molar-refractivity contribution >= 4 is 29.2 Å². The number of aryl methyl sites for hydroxylation is 1. The van der Waals surface area contributed by atoms with Gasteiger partial charge in [-0.2, -0.15) is 0 Å². The molecule has 5 nitrogen and oxygen atoms in total. The topological polar surface area (TPSA) is 86.6 Å². The van der Waals surface area contributed by atoms with Gasteiger partial charge in [0, 0.05) is 17.3 Å². The van der Waals surface area contributed by atoms with E-state index in [-0.39, 0.29) is 17.7 Å². The van der Waals surface area contributed by atoms with E-state index in [1.54, 1.807) is 30.3 Å². The van der Waals surface area contributed by atoms with Crippen molar-refractivity contribution in [3.8, 4) is 0 Å². The Morgan fingerprint density at radius 3 is 2.39 bits per heavy atom. The molecule has 0 aliphatic carbocycles. The molecule has 3 N–H and O–H groups in total. The summed E-state index contributed by atoms with van der Waals surface area (Å²) < 4.78 is 0. The molecule has 1 amide bonds. The molecule has 0 saturated carbocycles. The van der Waals surface area contributed by atoms with Gasteiger partial charge in [-0.25, -0.2) is 4.79 Å². The van der Waals surface area contributed by atoms with E-state index in [9.17, 15) is 9.59 Å². The number of carboxylic acid groups (broad SMARTS) is 1. The molecule has 2 aromatic rings. The first-order valence-corrected chi connectivity index (χ1v) is 7.43. The zero-order valence-electron chi connectivity index (χ0n) is 12.3. The minimum Gasteiger partial charge on any atom is -0.478 e. The van der Waals surface area contributed by atoms with Gasteiger partial charge in [-0.15, -0.1) is 0 Å². The normalized spacial score (nSPS) is 10.3. The predicted molar refractivity (Wildman–Crippen MR) is 88.2 cm³/mol. The molecule has 0 aliphatic heterocycles. The van der Waals surface area contributed by atoms with Crippen molar-refractivity contribution in [3.63, 3.8) is 0 Å². The SMILES string of the molecule is O=C(O)c1ccccc1C(=O)Nc1ccc(CCCO)c(Cl)c1. The molecule has 6 heteroatoms. The number of aliphatic hydroxyl groups is 1. The van der Waals surface area contributed by atoms with E-state index in [2.05, 4.69) is 5.32 Å². The lowest BCUT2D eigenvalue weighted by molar-refractivity contribution is 0.0692. The zero-order chi connectivity index (χ0) is 16.8. The van der Waals surface area contributed by atoms with Gasteiger partial charge < -0.3 is 15.5 Å². The lowest BCUT2D eigenvalue weighted by Crippen LogP contribution is -2.16. The molecule has 23 heavy (non-hydrogen) atoms. The summed E-state index contributed by atoms with van der Waals surface area (Å²) >= 11 is 6.15. The van der Waals surface area contributed by atoms with Gasteiger partial charge in [0.15, 0.2) is 0 Å². The Hall–Kier alpha value is -2.37. The molecule has 0 aliphatic rings. The van der Waals surface area contributed by atoms with E-state index in [1.165, 1.54) is 12.1 Å². The maximum Gasteiger partial charge on any atom is 0.336 e. The van der Waals surface area contributed by atoms with Gasteiger partial charge in [0.05, 0.1) is 11.1 Å². The fourth-order valence-electron chi connectivity index (χ4n) is 2.16. The molecule has 0 fully saturated rings. The summed E-state index contributed by atoms with van der Waals surface area (Å²) in [5.74, 6) is -1.67. The summed E-state index contributed by atoms with van der Waals surface area (Å²) in [5.41, 5.74) is 1.38. The largest absolute Gasteiger partial charge is 0.478 e. The number of nitrogens with one attached hydrogen (secondary N) is 1. The van der Waals surface area contributed by atoms with Crippen LogP contribution >= 0.6 is 11.6 Å². The molecular formula is C17H16ClNO4. The summed E-state index contributed by atoms with van der Waals surface area (Å²) in [6.07, 6.45) is 1.25. The smallest absolute Gasteiger partial charge is 0.336 e. The molecule has 0 bridgehead atoms. The molecule has 2 rings (SSSR count). The summed E-state index contributed by atoms with van der Waals surface area (Å²) in [6.45, 7) is 0.0841. The predicted octanol–water partition coefficient (Wildman–Crippen LogP) is 3.22. The van der Waals surface area contributed by atoms with Crippen molar-refractivity contribution in [2.75, 3.05) is 11.9 Å². The molecule has 0 atom stereocenters. The van der Waals surface area contributed by atoms with E-state index >= 15 is 0 Å². The van der Waals surface area contributed by atoms with Gasteiger partial charge in [-0.1, -0.05) is 29.8 Å². The maximum atomic E-state index is 12.3. The van der Waals surface area contributed by atoms with Crippen molar-refractivity contribution in [3.05, 3.63) is 64.2 Å². The quantitative estimate of drug-likeness (QED) is 0.757. The number of amides is 1. The summed E-state index contributed by atoms with van der Waals surface area (Å²) in [5, 5.41) is 21.1. The highest BCUT2D eigenvalue weighted by Gasteiger charge is 2.16. The van der Waals surface area contributed by atoms with Crippen molar-refractivity contribution < 1.29 is 19.8 Å². The highest BCUT2D eigenvalue weighted by atomic mass is 35.5. The van der Waals surface area contributed by atoms with Crippen LogP contribution in [-0.2, 0) is 6.42 Å². The van der Waals surface area contributed by atoms with Crippen LogP contribution in [0.3, 0.4) is 0 Å². The number of aromatic carboxylic acids is 1. The van der Waals surface area contributed by atoms with Crippen LogP contribution in [0.2, 0.25) is 5.02 Å². The second kappa shape index (κ2) is 7.76. The number of aliphatic hydroxyl groups excluding tert-OH is 1. The van der Waals surface area contributed by atoms with Crippen LogP contribution in [0, 0.1) is 0 Å². The number of carbonyl (C=O) groups is 2. The van der Waals surface area contributed by atoms with Gasteiger partial charge in [-0.05, 0) is 42.7 Å². The Labute approximate surface area is 138 Å². The van der Waals surface area contributed by atoms with Crippen LogP contribution < -0.4 is 5.32 Å². The van der Waals surface area contributed by atoms with Crippen LogP contribution in [-0.4, -0.2) is 28.7 Å². The van der Waals surface area contributed by atoms with Crippen molar-refractivity contribution in [2.45, 2.75) is 12.8 Å². The third kappa shape index (κ3) is 4.31. The first-order valence-electron chi connectivity index (χ1n) is 7.06. The van der Waals surface area contributed by atoms with E-state index in [4.69, 9.17) is 21.8 Å². The average molecular weight is 334 g/mol. The van der Waals surface area contributed by atoms with E-state index < -0.39 is 11.9 Å². The number of carbonyl (C=O) groups excluding carboxylic acids is 1. The molecule has 0 spiro atoms. The van der Waals surface area contributed by atoms with Crippen molar-refractivity contribution in [1.82, 2.24) is 0 Å². The zero-order valence-corrected chi connectivity index (χ0v) is 13.0. The lowest BCUT2D eigenvalue weighted by Gasteiger charge is -2.10. The van der Waals surface area contributed by atoms with Crippen molar-refractivity contribution in [2.24, 2.45) is 0 Å². The Kier molecular flexibility index (Phi) is 5.73. The second-order valence-corrected chi connectivity index (χ2v) is 5.35. The number of benzene rings is 2. The highest BCUT2D eigenvalue weighted by Crippen LogP contribution is 2.23. The molecule has 0 unspecified atom stereocenters. The van der Waals surface area contributed by atoms with Crippen LogP contribution in [0.5, 0.6) is 0 Å². The van der Waals surface area contributed by atoms with E-state index in [0.717, 1.165) is 5.56 Å². The molecule has 0 heterocycles. The average Bonchev–Trinajstić information content (AvgIpc) is 2.54. The molecule has 0 radical (unpaired) electrons. The maximum absolute atomic E-state index is 12.3. The van der Waals surface area contributed by atoms with Crippen molar-refractivity contribution in [1.29, 1.82) is 0 Å². The summed E-state index contributed by atoms with van der Waals surface area (Å²) in [7, 11) is 0. The minimum absolute atomic E-state index is 0.0596. The van der Waals surface area contributed by atoms with Crippen LogP contribution in [0.4, 0.5) is 5.69 Å². The molecule has 2 aromatic carbocycles. The number of hydrogen-bond acceptors (Lipinski definition) is 3. The number of carboxylic acids is 1. The Morgan fingerprint density at radius 2 is 1.78 bits per heavy atom. The summed E-state index contributed by atoms with van der Waals surface area (Å²) in [4.78, 5) is 23.4. The van der Waals surface area contributed by atoms with E-state index in [0.29, 0.717) is 23.6 Å². The number of halogens is 1. The number of rotatable bonds is 6. The second-order valence-electron chi connectivity index (χ2n) is 4.94. The van der Waals surface area contributed by atoms with Gasteiger partial charge in [-0.3, -0.25) is 4.79 Å². The third-order valence-electron chi connectivity index (χ3n) is 3.32. The van der Waals surface area contributed by atoms with Gasteiger partial charge in [0.1, 0.15) is 0 Å². The third-order valence-corrected chi connectivity index (χ3v) is 3.67. The van der Waals surface area contributed by atoms with Gasteiger partial charge >= 0.3 is 5.97 Å². The summed E-state index contributed by atoms with van der Waals surface area (Å²) in [6, 6.07) is 11.1. The lowest BCUT2D eigenvalue weighted by atomic mass is 10.1. The van der Waals surface area contributed by atoms with E-state index in [1.807, 2.05) is 0 Å². The highest BCUT2D eigenvalue weighted by molar-refractivity contribution is 6.31. The van der Waals surface area contributed by atoms with Crippen LogP contribution in [0.1, 0.15) is 32.7 Å². The Bertz CT molecular complexity index is 730. The first-order chi connectivity index (χ1) is 11.0. The fraction of sp³-hybridized carbons (Fsp3) is 0.176.